The molecule has 0 radical (unpaired) electrons. The van der Waals surface area contributed by atoms with Gasteiger partial charge >= 0.3 is 0 Å². The summed E-state index contributed by atoms with van der Waals surface area (Å²) >= 11 is 2.01. The normalized spacial score (nSPS) is 15.0. The Labute approximate surface area is 166 Å². The van der Waals surface area contributed by atoms with Crippen molar-refractivity contribution in [1.82, 2.24) is 4.90 Å². The fourth-order valence-corrected chi connectivity index (χ4v) is 3.39. The third kappa shape index (κ3) is 4.27. The van der Waals surface area contributed by atoms with Gasteiger partial charge in [-0.05, 0) is 66.0 Å². The summed E-state index contributed by atoms with van der Waals surface area (Å²) in [6.45, 7) is 3.70. The molecule has 5 nitrogen and oxygen atoms in total. The first-order chi connectivity index (χ1) is 12.5. The van der Waals surface area contributed by atoms with Crippen molar-refractivity contribution >= 4 is 39.9 Å². The van der Waals surface area contributed by atoms with E-state index in [2.05, 4.69) is 22.2 Å². The molecule has 1 aliphatic heterocycles. The zero-order chi connectivity index (χ0) is 18.7. The van der Waals surface area contributed by atoms with Crippen LogP contribution in [0.5, 0.6) is 5.75 Å². The van der Waals surface area contributed by atoms with Gasteiger partial charge in [-0.2, -0.15) is 0 Å². The SMILES string of the molecule is COc1ccc(NC(=O)c2ccc(I)cc2F)cc1N1CCN(C)CC1. The molecule has 1 amide bonds. The van der Waals surface area contributed by atoms with Crippen molar-refractivity contribution in [3.63, 3.8) is 0 Å². The molecule has 1 aliphatic rings. The van der Waals surface area contributed by atoms with Crippen molar-refractivity contribution in [3.05, 3.63) is 51.3 Å². The van der Waals surface area contributed by atoms with Crippen LogP contribution in [-0.4, -0.2) is 51.1 Å². The molecule has 3 rings (SSSR count). The highest BCUT2D eigenvalue weighted by molar-refractivity contribution is 14.1. The van der Waals surface area contributed by atoms with Crippen molar-refractivity contribution in [2.45, 2.75) is 0 Å². The summed E-state index contributed by atoms with van der Waals surface area (Å²) in [5.41, 5.74) is 1.58. The summed E-state index contributed by atoms with van der Waals surface area (Å²) in [6, 6.07) is 10.0. The van der Waals surface area contributed by atoms with E-state index in [0.717, 1.165) is 41.2 Å². The zero-order valence-corrected chi connectivity index (χ0v) is 16.9. The van der Waals surface area contributed by atoms with E-state index in [9.17, 15) is 9.18 Å². The molecule has 7 heteroatoms. The van der Waals surface area contributed by atoms with Crippen LogP contribution in [0.1, 0.15) is 10.4 Å². The van der Waals surface area contributed by atoms with Crippen LogP contribution in [0.2, 0.25) is 0 Å². The highest BCUT2D eigenvalue weighted by atomic mass is 127. The maximum Gasteiger partial charge on any atom is 0.258 e. The van der Waals surface area contributed by atoms with Gasteiger partial charge in [0.15, 0.2) is 0 Å². The van der Waals surface area contributed by atoms with Crippen molar-refractivity contribution < 1.29 is 13.9 Å². The Morgan fingerprint density at radius 2 is 1.88 bits per heavy atom. The molecule has 26 heavy (non-hydrogen) atoms. The molecule has 0 atom stereocenters. The number of carbonyl (C=O) groups excluding carboxylic acids is 1. The van der Waals surface area contributed by atoms with Gasteiger partial charge in [0, 0.05) is 35.4 Å². The predicted molar refractivity (Wildman–Crippen MR) is 110 cm³/mol. The molecule has 1 fully saturated rings. The molecule has 138 valence electrons. The molecule has 0 spiro atoms. The summed E-state index contributed by atoms with van der Waals surface area (Å²) in [4.78, 5) is 16.9. The number of nitrogens with zero attached hydrogens (tertiary/aromatic N) is 2. The number of nitrogens with one attached hydrogen (secondary N) is 1. The molecular weight excluding hydrogens is 448 g/mol. The second kappa shape index (κ2) is 8.22. The lowest BCUT2D eigenvalue weighted by Crippen LogP contribution is -2.44. The highest BCUT2D eigenvalue weighted by Crippen LogP contribution is 2.32. The third-order valence-electron chi connectivity index (χ3n) is 4.46. The number of halogens is 2. The Morgan fingerprint density at radius 3 is 2.54 bits per heavy atom. The number of carbonyl (C=O) groups is 1. The number of benzene rings is 2. The van der Waals surface area contributed by atoms with E-state index in [1.165, 1.54) is 12.1 Å². The molecule has 0 unspecified atom stereocenters. The topological polar surface area (TPSA) is 44.8 Å². The number of piperazine rings is 1. The number of rotatable bonds is 4. The average molecular weight is 469 g/mol. The molecule has 2 aromatic carbocycles. The first-order valence-corrected chi connectivity index (χ1v) is 9.44. The van der Waals surface area contributed by atoms with Crippen LogP contribution >= 0.6 is 22.6 Å². The molecule has 0 aromatic heterocycles. The first-order valence-electron chi connectivity index (χ1n) is 8.36. The Morgan fingerprint density at radius 1 is 1.15 bits per heavy atom. The molecular formula is C19H21FIN3O2. The van der Waals surface area contributed by atoms with Gasteiger partial charge in [0.2, 0.25) is 0 Å². The highest BCUT2D eigenvalue weighted by Gasteiger charge is 2.19. The summed E-state index contributed by atoms with van der Waals surface area (Å²) in [5.74, 6) is -0.233. The first kappa shape index (κ1) is 18.9. The van der Waals surface area contributed by atoms with Gasteiger partial charge in [0.25, 0.3) is 5.91 Å². The second-order valence-electron chi connectivity index (χ2n) is 6.26. The molecule has 2 aromatic rings. The van der Waals surface area contributed by atoms with Crippen LogP contribution in [0, 0.1) is 9.39 Å². The molecule has 0 bridgehead atoms. The number of methoxy groups -OCH3 is 1. The lowest BCUT2D eigenvalue weighted by molar-refractivity contribution is 0.102. The smallest absolute Gasteiger partial charge is 0.258 e. The number of ether oxygens (including phenoxy) is 1. The van der Waals surface area contributed by atoms with Crippen LogP contribution in [-0.2, 0) is 0 Å². The van der Waals surface area contributed by atoms with Gasteiger partial charge in [0.05, 0.1) is 18.4 Å². The van der Waals surface area contributed by atoms with E-state index < -0.39 is 11.7 Å². The molecule has 1 saturated heterocycles. The fraction of sp³-hybridized carbons (Fsp3) is 0.316. The minimum atomic E-state index is -0.526. The number of anilines is 2. The van der Waals surface area contributed by atoms with Gasteiger partial charge < -0.3 is 19.9 Å². The van der Waals surface area contributed by atoms with Crippen molar-refractivity contribution in [1.29, 1.82) is 0 Å². The largest absolute Gasteiger partial charge is 0.495 e. The van der Waals surface area contributed by atoms with E-state index in [4.69, 9.17) is 4.74 Å². The summed E-state index contributed by atoms with van der Waals surface area (Å²) < 4.78 is 20.3. The number of hydrogen-bond donors (Lipinski definition) is 1. The van der Waals surface area contributed by atoms with Crippen LogP contribution in [0.25, 0.3) is 0 Å². The van der Waals surface area contributed by atoms with Crippen LogP contribution in [0.15, 0.2) is 36.4 Å². The predicted octanol–water partition coefficient (Wildman–Crippen LogP) is 3.44. The molecule has 0 saturated carbocycles. The lowest BCUT2D eigenvalue weighted by atomic mass is 10.1. The van der Waals surface area contributed by atoms with Crippen molar-refractivity contribution in [2.24, 2.45) is 0 Å². The molecule has 1 heterocycles. The van der Waals surface area contributed by atoms with Crippen LogP contribution in [0.4, 0.5) is 15.8 Å². The van der Waals surface area contributed by atoms with Crippen LogP contribution in [0.3, 0.4) is 0 Å². The minimum absolute atomic E-state index is 0.0300. The van der Waals surface area contributed by atoms with Gasteiger partial charge in [-0.25, -0.2) is 4.39 Å². The maximum absolute atomic E-state index is 14.0. The third-order valence-corrected chi connectivity index (χ3v) is 5.13. The van der Waals surface area contributed by atoms with E-state index in [0.29, 0.717) is 5.69 Å². The monoisotopic (exact) mass is 469 g/mol. The van der Waals surface area contributed by atoms with Crippen molar-refractivity contribution in [3.8, 4) is 5.75 Å². The van der Waals surface area contributed by atoms with Gasteiger partial charge in [-0.1, -0.05) is 0 Å². The van der Waals surface area contributed by atoms with Gasteiger partial charge in [0.1, 0.15) is 11.6 Å². The van der Waals surface area contributed by atoms with E-state index in [1.807, 2.05) is 34.7 Å². The summed E-state index contributed by atoms with van der Waals surface area (Å²) in [5, 5.41) is 2.78. The number of likely N-dealkylation sites (N-methyl/N-ethyl adjacent to an activating group) is 1. The summed E-state index contributed by atoms with van der Waals surface area (Å²) in [7, 11) is 3.73. The van der Waals surface area contributed by atoms with E-state index in [-0.39, 0.29) is 5.56 Å². The van der Waals surface area contributed by atoms with Crippen molar-refractivity contribution in [2.75, 3.05) is 50.6 Å². The Hall–Kier alpha value is -1.87. The Bertz CT molecular complexity index is 807. The molecule has 1 N–H and O–H groups in total. The van der Waals surface area contributed by atoms with Crippen LogP contribution < -0.4 is 15.0 Å². The quantitative estimate of drug-likeness (QED) is 0.698. The van der Waals surface area contributed by atoms with E-state index >= 15 is 0 Å². The number of hydrogen-bond acceptors (Lipinski definition) is 4. The van der Waals surface area contributed by atoms with Gasteiger partial charge in [-0.15, -0.1) is 0 Å². The van der Waals surface area contributed by atoms with Gasteiger partial charge in [-0.3, -0.25) is 4.79 Å². The second-order valence-corrected chi connectivity index (χ2v) is 7.50. The lowest BCUT2D eigenvalue weighted by Gasteiger charge is -2.34. The average Bonchev–Trinajstić information content (AvgIpc) is 2.62. The maximum atomic E-state index is 14.0. The summed E-state index contributed by atoms with van der Waals surface area (Å²) in [6.07, 6.45) is 0. The Kier molecular flexibility index (Phi) is 5.98. The standard InChI is InChI=1S/C19H21FIN3O2/c1-23-7-9-24(10-8-23)17-12-14(4-6-18(17)26-2)22-19(25)15-5-3-13(21)11-16(15)20/h3-6,11-12H,7-10H2,1-2H3,(H,22,25). The zero-order valence-electron chi connectivity index (χ0n) is 14.8. The Balaban J connectivity index is 1.82. The van der Waals surface area contributed by atoms with E-state index in [1.54, 1.807) is 19.2 Å². The minimum Gasteiger partial charge on any atom is -0.495 e. The molecule has 0 aliphatic carbocycles. The number of amides is 1. The fourth-order valence-electron chi connectivity index (χ4n) is 2.93.